The van der Waals surface area contributed by atoms with Crippen LogP contribution in [0.5, 0.6) is 0 Å². The van der Waals surface area contributed by atoms with Crippen molar-refractivity contribution in [2.24, 2.45) is 0 Å². The molecule has 5 nitrogen and oxygen atoms in total. The number of rotatable bonds is 4. The number of H-pyrrole nitrogens is 1. The lowest BCUT2D eigenvalue weighted by atomic mass is 9.96. The summed E-state index contributed by atoms with van der Waals surface area (Å²) in [6.45, 7) is 9.42. The molecular formula is C15H22N4O. The van der Waals surface area contributed by atoms with Crippen LogP contribution in [0.3, 0.4) is 0 Å². The van der Waals surface area contributed by atoms with E-state index in [-0.39, 0.29) is 11.3 Å². The number of amides is 1. The molecule has 0 radical (unpaired) electrons. The third-order valence-electron chi connectivity index (χ3n) is 3.01. The average Bonchev–Trinajstić information content (AvgIpc) is 2.79. The summed E-state index contributed by atoms with van der Waals surface area (Å²) in [6, 6.07) is 5.71. The minimum absolute atomic E-state index is 0.0204. The summed E-state index contributed by atoms with van der Waals surface area (Å²) in [6.07, 6.45) is 0. The summed E-state index contributed by atoms with van der Waals surface area (Å²) >= 11 is 0. The van der Waals surface area contributed by atoms with Crippen LogP contribution in [0.4, 0.5) is 5.69 Å². The van der Waals surface area contributed by atoms with Crippen LogP contribution in [-0.2, 0) is 10.2 Å². The number of nitrogens with one attached hydrogen (secondary N) is 3. The molecule has 0 aliphatic carbocycles. The zero-order valence-electron chi connectivity index (χ0n) is 12.5. The summed E-state index contributed by atoms with van der Waals surface area (Å²) in [5, 5.41) is 5.86. The maximum atomic E-state index is 11.7. The number of aromatic nitrogens is 2. The van der Waals surface area contributed by atoms with Crippen LogP contribution in [0.2, 0.25) is 0 Å². The van der Waals surface area contributed by atoms with E-state index in [0.29, 0.717) is 6.54 Å². The van der Waals surface area contributed by atoms with E-state index in [1.165, 1.54) is 0 Å². The first-order valence-electron chi connectivity index (χ1n) is 6.91. The predicted octanol–water partition coefficient (Wildman–Crippen LogP) is 2.41. The molecule has 1 aromatic heterocycles. The summed E-state index contributed by atoms with van der Waals surface area (Å²) in [4.78, 5) is 19.6. The van der Waals surface area contributed by atoms with Crippen molar-refractivity contribution >= 4 is 22.6 Å². The van der Waals surface area contributed by atoms with E-state index in [1.807, 2.05) is 25.1 Å². The zero-order valence-corrected chi connectivity index (χ0v) is 12.5. The van der Waals surface area contributed by atoms with Gasteiger partial charge in [0.05, 0.1) is 17.6 Å². The Bertz CT molecular complexity index is 610. The smallest absolute Gasteiger partial charge is 0.238 e. The van der Waals surface area contributed by atoms with Crippen LogP contribution in [0, 0.1) is 0 Å². The van der Waals surface area contributed by atoms with E-state index in [9.17, 15) is 4.79 Å². The molecule has 1 heterocycles. The lowest BCUT2D eigenvalue weighted by molar-refractivity contribution is -0.115. The SMILES string of the molecule is CCNCC(=O)Nc1ccc2nc(C(C)(C)C)[nH]c2c1. The van der Waals surface area contributed by atoms with Crippen LogP contribution < -0.4 is 10.6 Å². The van der Waals surface area contributed by atoms with Gasteiger partial charge in [-0.1, -0.05) is 27.7 Å². The number of hydrogen-bond donors (Lipinski definition) is 3. The van der Waals surface area contributed by atoms with Crippen molar-refractivity contribution in [1.82, 2.24) is 15.3 Å². The second-order valence-electron chi connectivity index (χ2n) is 5.90. The van der Waals surface area contributed by atoms with Gasteiger partial charge in [0.15, 0.2) is 0 Å². The van der Waals surface area contributed by atoms with Crippen molar-refractivity contribution in [3.05, 3.63) is 24.0 Å². The molecule has 0 fully saturated rings. The molecule has 0 aliphatic rings. The van der Waals surface area contributed by atoms with E-state index in [2.05, 4.69) is 41.4 Å². The van der Waals surface area contributed by atoms with Gasteiger partial charge >= 0.3 is 0 Å². The Morgan fingerprint density at radius 3 is 2.75 bits per heavy atom. The number of benzene rings is 1. The Labute approximate surface area is 119 Å². The molecular weight excluding hydrogens is 252 g/mol. The van der Waals surface area contributed by atoms with Gasteiger partial charge < -0.3 is 15.6 Å². The van der Waals surface area contributed by atoms with Crippen molar-refractivity contribution in [2.75, 3.05) is 18.4 Å². The van der Waals surface area contributed by atoms with Gasteiger partial charge in [0, 0.05) is 11.1 Å². The monoisotopic (exact) mass is 274 g/mol. The highest BCUT2D eigenvalue weighted by Gasteiger charge is 2.18. The zero-order chi connectivity index (χ0) is 14.8. The Balaban J connectivity index is 2.19. The molecule has 20 heavy (non-hydrogen) atoms. The lowest BCUT2D eigenvalue weighted by Crippen LogP contribution is -2.27. The van der Waals surface area contributed by atoms with E-state index in [4.69, 9.17) is 0 Å². The van der Waals surface area contributed by atoms with Gasteiger partial charge in [0.25, 0.3) is 0 Å². The molecule has 2 rings (SSSR count). The maximum Gasteiger partial charge on any atom is 0.238 e. The fourth-order valence-electron chi connectivity index (χ4n) is 1.89. The molecule has 1 amide bonds. The molecule has 0 aliphatic heterocycles. The Morgan fingerprint density at radius 2 is 2.10 bits per heavy atom. The second kappa shape index (κ2) is 5.63. The largest absolute Gasteiger partial charge is 0.341 e. The van der Waals surface area contributed by atoms with Crippen LogP contribution in [0.25, 0.3) is 11.0 Å². The number of carbonyl (C=O) groups is 1. The Kier molecular flexibility index (Phi) is 4.09. The highest BCUT2D eigenvalue weighted by atomic mass is 16.1. The van der Waals surface area contributed by atoms with Crippen molar-refractivity contribution in [3.8, 4) is 0 Å². The molecule has 0 spiro atoms. The quantitative estimate of drug-likeness (QED) is 0.802. The second-order valence-corrected chi connectivity index (χ2v) is 5.90. The number of fused-ring (bicyclic) bond motifs is 1. The molecule has 2 aromatic rings. The summed E-state index contributed by atoms with van der Waals surface area (Å²) in [5.74, 6) is 0.908. The van der Waals surface area contributed by atoms with Gasteiger partial charge in [-0.3, -0.25) is 4.79 Å². The first-order chi connectivity index (χ1) is 9.40. The summed E-state index contributed by atoms with van der Waals surface area (Å²) < 4.78 is 0. The van der Waals surface area contributed by atoms with Gasteiger partial charge in [-0.05, 0) is 24.7 Å². The fraction of sp³-hybridized carbons (Fsp3) is 0.467. The number of hydrogen-bond acceptors (Lipinski definition) is 3. The number of aromatic amines is 1. The van der Waals surface area contributed by atoms with Crippen LogP contribution >= 0.6 is 0 Å². The highest BCUT2D eigenvalue weighted by molar-refractivity contribution is 5.94. The number of nitrogens with zero attached hydrogens (tertiary/aromatic N) is 1. The predicted molar refractivity (Wildman–Crippen MR) is 82.0 cm³/mol. The minimum atomic E-state index is -0.0400. The van der Waals surface area contributed by atoms with Crippen molar-refractivity contribution in [3.63, 3.8) is 0 Å². The van der Waals surface area contributed by atoms with Crippen LogP contribution in [0.15, 0.2) is 18.2 Å². The fourth-order valence-corrected chi connectivity index (χ4v) is 1.89. The summed E-state index contributed by atoms with van der Waals surface area (Å²) in [5.41, 5.74) is 2.62. The lowest BCUT2D eigenvalue weighted by Gasteiger charge is -2.13. The first-order valence-corrected chi connectivity index (χ1v) is 6.91. The number of likely N-dealkylation sites (N-methyl/N-ethyl adjacent to an activating group) is 1. The molecule has 0 saturated heterocycles. The minimum Gasteiger partial charge on any atom is -0.341 e. The van der Waals surface area contributed by atoms with Crippen molar-refractivity contribution in [2.45, 2.75) is 33.1 Å². The van der Waals surface area contributed by atoms with Crippen molar-refractivity contribution in [1.29, 1.82) is 0 Å². The molecule has 5 heteroatoms. The standard InChI is InChI=1S/C15H22N4O/c1-5-16-9-13(20)17-10-6-7-11-12(8-10)19-14(18-11)15(2,3)4/h6-8,16H,5,9H2,1-4H3,(H,17,20)(H,18,19). The normalized spacial score (nSPS) is 11.8. The maximum absolute atomic E-state index is 11.7. The molecule has 0 bridgehead atoms. The molecule has 108 valence electrons. The van der Waals surface area contributed by atoms with E-state index >= 15 is 0 Å². The average molecular weight is 274 g/mol. The highest BCUT2D eigenvalue weighted by Crippen LogP contribution is 2.24. The third-order valence-corrected chi connectivity index (χ3v) is 3.01. The topological polar surface area (TPSA) is 69.8 Å². The van der Waals surface area contributed by atoms with Crippen LogP contribution in [-0.4, -0.2) is 29.0 Å². The van der Waals surface area contributed by atoms with E-state index in [0.717, 1.165) is 29.1 Å². The van der Waals surface area contributed by atoms with Gasteiger partial charge in [0.1, 0.15) is 5.82 Å². The molecule has 1 aromatic carbocycles. The molecule has 0 saturated carbocycles. The van der Waals surface area contributed by atoms with E-state index in [1.54, 1.807) is 0 Å². The van der Waals surface area contributed by atoms with Crippen molar-refractivity contribution < 1.29 is 4.79 Å². The molecule has 0 atom stereocenters. The van der Waals surface area contributed by atoms with Gasteiger partial charge in [-0.15, -0.1) is 0 Å². The van der Waals surface area contributed by atoms with E-state index < -0.39 is 0 Å². The molecule has 3 N–H and O–H groups in total. The Morgan fingerprint density at radius 1 is 1.35 bits per heavy atom. The molecule has 0 unspecified atom stereocenters. The van der Waals surface area contributed by atoms with Gasteiger partial charge in [0.2, 0.25) is 5.91 Å². The summed E-state index contributed by atoms with van der Waals surface area (Å²) in [7, 11) is 0. The van der Waals surface area contributed by atoms with Gasteiger partial charge in [-0.2, -0.15) is 0 Å². The number of carbonyl (C=O) groups excluding carboxylic acids is 1. The number of imidazole rings is 1. The van der Waals surface area contributed by atoms with Gasteiger partial charge in [-0.25, -0.2) is 4.98 Å². The van der Waals surface area contributed by atoms with Crippen LogP contribution in [0.1, 0.15) is 33.5 Å². The number of anilines is 1. The first kappa shape index (κ1) is 14.5. The third kappa shape index (κ3) is 3.36. The Hall–Kier alpha value is -1.88.